The van der Waals surface area contributed by atoms with Crippen molar-refractivity contribution in [1.29, 1.82) is 0 Å². The van der Waals surface area contributed by atoms with Gasteiger partial charge in [-0.3, -0.25) is 0 Å². The van der Waals surface area contributed by atoms with E-state index in [9.17, 15) is 9.50 Å². The smallest absolute Gasteiger partial charge is 0.162 e. The molecule has 110 valence electrons. The fourth-order valence-electron chi connectivity index (χ4n) is 2.18. The summed E-state index contributed by atoms with van der Waals surface area (Å²) in [4.78, 5) is 0. The van der Waals surface area contributed by atoms with Gasteiger partial charge in [0.25, 0.3) is 0 Å². The molecule has 0 bridgehead atoms. The number of aliphatic hydroxyl groups excluding tert-OH is 1. The molecule has 1 N–H and O–H groups in total. The standard InChI is InChI=1S/C15H11BrClFO3/c16-11-5-8(18)1-2-9(11)15(19)10-6-13-14(7-12(10)17)21-4-3-20-13/h1-2,5-7,15,19H,3-4H2. The first-order valence-corrected chi connectivity index (χ1v) is 7.45. The van der Waals surface area contributed by atoms with Crippen LogP contribution in [0.4, 0.5) is 4.39 Å². The molecule has 3 nitrogen and oxygen atoms in total. The molecule has 0 saturated carbocycles. The largest absolute Gasteiger partial charge is 0.486 e. The fraction of sp³-hybridized carbons (Fsp3) is 0.200. The molecule has 1 unspecified atom stereocenters. The zero-order valence-electron chi connectivity index (χ0n) is 10.8. The molecule has 2 aromatic rings. The summed E-state index contributed by atoms with van der Waals surface area (Å²) in [6.07, 6.45) is -0.997. The Balaban J connectivity index is 2.03. The molecule has 0 radical (unpaired) electrons. The summed E-state index contributed by atoms with van der Waals surface area (Å²) in [6.45, 7) is 0.916. The van der Waals surface area contributed by atoms with Crippen LogP contribution in [0.3, 0.4) is 0 Å². The first-order chi connectivity index (χ1) is 10.1. The molecule has 1 heterocycles. The highest BCUT2D eigenvalue weighted by atomic mass is 79.9. The molecule has 21 heavy (non-hydrogen) atoms. The molecule has 2 aromatic carbocycles. The van der Waals surface area contributed by atoms with Crippen LogP contribution in [0.5, 0.6) is 11.5 Å². The van der Waals surface area contributed by atoms with Crippen LogP contribution in [0, 0.1) is 5.82 Å². The monoisotopic (exact) mass is 372 g/mol. The quantitative estimate of drug-likeness (QED) is 0.861. The van der Waals surface area contributed by atoms with E-state index >= 15 is 0 Å². The van der Waals surface area contributed by atoms with Gasteiger partial charge < -0.3 is 14.6 Å². The summed E-state index contributed by atoms with van der Waals surface area (Å²) in [5.74, 6) is 0.712. The van der Waals surface area contributed by atoms with Crippen molar-refractivity contribution < 1.29 is 19.0 Å². The molecule has 0 fully saturated rings. The zero-order valence-corrected chi connectivity index (χ0v) is 13.1. The molecule has 3 rings (SSSR count). The Morgan fingerprint density at radius 3 is 2.43 bits per heavy atom. The minimum Gasteiger partial charge on any atom is -0.486 e. The maximum absolute atomic E-state index is 13.1. The van der Waals surface area contributed by atoms with E-state index in [1.807, 2.05) is 0 Å². The topological polar surface area (TPSA) is 38.7 Å². The molecule has 0 saturated heterocycles. The highest BCUT2D eigenvalue weighted by Crippen LogP contribution is 2.40. The third-order valence-electron chi connectivity index (χ3n) is 3.21. The lowest BCUT2D eigenvalue weighted by Gasteiger charge is -2.22. The van der Waals surface area contributed by atoms with E-state index in [-0.39, 0.29) is 5.82 Å². The lowest BCUT2D eigenvalue weighted by Crippen LogP contribution is -2.16. The average molecular weight is 374 g/mol. The maximum Gasteiger partial charge on any atom is 0.162 e. The van der Waals surface area contributed by atoms with Gasteiger partial charge in [0.2, 0.25) is 0 Å². The Morgan fingerprint density at radius 1 is 1.10 bits per heavy atom. The van der Waals surface area contributed by atoms with E-state index in [1.165, 1.54) is 18.2 Å². The molecule has 6 heteroatoms. The number of hydrogen-bond acceptors (Lipinski definition) is 3. The summed E-state index contributed by atoms with van der Waals surface area (Å²) >= 11 is 9.45. The van der Waals surface area contributed by atoms with Crippen molar-refractivity contribution in [2.24, 2.45) is 0 Å². The van der Waals surface area contributed by atoms with Gasteiger partial charge in [-0.05, 0) is 23.8 Å². The highest BCUT2D eigenvalue weighted by molar-refractivity contribution is 9.10. The van der Waals surface area contributed by atoms with E-state index in [2.05, 4.69) is 15.9 Å². The maximum atomic E-state index is 13.1. The summed E-state index contributed by atoms with van der Waals surface area (Å²) in [5.41, 5.74) is 1.00. The average Bonchev–Trinajstić information content (AvgIpc) is 2.46. The van der Waals surface area contributed by atoms with Gasteiger partial charge in [-0.2, -0.15) is 0 Å². The summed E-state index contributed by atoms with van der Waals surface area (Å²) in [7, 11) is 0. The predicted molar refractivity (Wildman–Crippen MR) is 80.6 cm³/mol. The third-order valence-corrected chi connectivity index (χ3v) is 4.23. The number of fused-ring (bicyclic) bond motifs is 1. The van der Waals surface area contributed by atoms with Gasteiger partial charge in [-0.1, -0.05) is 33.6 Å². The minimum atomic E-state index is -0.997. The number of rotatable bonds is 2. The second-order valence-electron chi connectivity index (χ2n) is 4.59. The Kier molecular flexibility index (Phi) is 4.06. The summed E-state index contributed by atoms with van der Waals surface area (Å²) in [5, 5.41) is 10.9. The van der Waals surface area contributed by atoms with Crippen LogP contribution in [0.25, 0.3) is 0 Å². The molecular formula is C15H11BrClFO3. The predicted octanol–water partition coefficient (Wildman–Crippen LogP) is 4.09. The highest BCUT2D eigenvalue weighted by Gasteiger charge is 2.22. The number of hydrogen-bond donors (Lipinski definition) is 1. The van der Waals surface area contributed by atoms with Crippen molar-refractivity contribution in [3.8, 4) is 11.5 Å². The lowest BCUT2D eigenvalue weighted by molar-refractivity contribution is 0.169. The van der Waals surface area contributed by atoms with Crippen LogP contribution < -0.4 is 9.47 Å². The van der Waals surface area contributed by atoms with Crippen molar-refractivity contribution in [2.75, 3.05) is 13.2 Å². The molecule has 0 spiro atoms. The molecular weight excluding hydrogens is 363 g/mol. The van der Waals surface area contributed by atoms with Gasteiger partial charge in [0.15, 0.2) is 11.5 Å². The Morgan fingerprint density at radius 2 is 1.76 bits per heavy atom. The van der Waals surface area contributed by atoms with Crippen LogP contribution in [0.2, 0.25) is 5.02 Å². The SMILES string of the molecule is OC(c1cc2c(cc1Cl)OCCO2)c1ccc(F)cc1Br. The Bertz CT molecular complexity index is 693. The van der Waals surface area contributed by atoms with Crippen LogP contribution >= 0.6 is 27.5 Å². The van der Waals surface area contributed by atoms with Crippen LogP contribution in [-0.2, 0) is 0 Å². The second kappa shape index (κ2) is 5.83. The lowest BCUT2D eigenvalue weighted by atomic mass is 10.0. The van der Waals surface area contributed by atoms with Gasteiger partial charge in [0.05, 0.1) is 5.02 Å². The van der Waals surface area contributed by atoms with Crippen LogP contribution in [-0.4, -0.2) is 18.3 Å². The van der Waals surface area contributed by atoms with Crippen molar-refractivity contribution >= 4 is 27.5 Å². The van der Waals surface area contributed by atoms with E-state index in [0.29, 0.717) is 45.3 Å². The third kappa shape index (κ3) is 2.86. The first kappa shape index (κ1) is 14.6. The van der Waals surface area contributed by atoms with Gasteiger partial charge in [-0.15, -0.1) is 0 Å². The zero-order chi connectivity index (χ0) is 15.0. The molecule has 0 aliphatic carbocycles. The van der Waals surface area contributed by atoms with Gasteiger partial charge >= 0.3 is 0 Å². The molecule has 1 aliphatic heterocycles. The Labute approximate surface area is 134 Å². The van der Waals surface area contributed by atoms with E-state index in [4.69, 9.17) is 21.1 Å². The van der Waals surface area contributed by atoms with Crippen molar-refractivity contribution in [2.45, 2.75) is 6.10 Å². The van der Waals surface area contributed by atoms with E-state index in [0.717, 1.165) is 0 Å². The number of aliphatic hydroxyl groups is 1. The number of halogens is 3. The summed E-state index contributed by atoms with van der Waals surface area (Å²) < 4.78 is 24.5. The normalized spacial score (nSPS) is 14.9. The van der Waals surface area contributed by atoms with Gasteiger partial charge in [0, 0.05) is 16.1 Å². The summed E-state index contributed by atoms with van der Waals surface area (Å²) in [6, 6.07) is 7.36. The number of ether oxygens (including phenoxy) is 2. The van der Waals surface area contributed by atoms with Crippen molar-refractivity contribution in [1.82, 2.24) is 0 Å². The van der Waals surface area contributed by atoms with E-state index in [1.54, 1.807) is 12.1 Å². The minimum absolute atomic E-state index is 0.364. The Hall–Kier alpha value is -1.30. The second-order valence-corrected chi connectivity index (χ2v) is 5.85. The van der Waals surface area contributed by atoms with Crippen LogP contribution in [0.15, 0.2) is 34.8 Å². The van der Waals surface area contributed by atoms with Crippen molar-refractivity contribution in [3.05, 3.63) is 56.8 Å². The first-order valence-electron chi connectivity index (χ1n) is 6.28. The van der Waals surface area contributed by atoms with Crippen LogP contribution in [0.1, 0.15) is 17.2 Å². The van der Waals surface area contributed by atoms with Gasteiger partial charge in [-0.25, -0.2) is 4.39 Å². The fourth-order valence-corrected chi connectivity index (χ4v) is 3.00. The number of benzene rings is 2. The van der Waals surface area contributed by atoms with Gasteiger partial charge in [0.1, 0.15) is 25.1 Å². The van der Waals surface area contributed by atoms with E-state index < -0.39 is 6.10 Å². The molecule has 1 aliphatic rings. The molecule has 0 aromatic heterocycles. The molecule has 0 amide bonds. The molecule has 1 atom stereocenters. The van der Waals surface area contributed by atoms with Crippen molar-refractivity contribution in [3.63, 3.8) is 0 Å².